The lowest BCUT2D eigenvalue weighted by atomic mass is 11.4. The Kier molecular flexibility index (Phi) is 3.04. The zero-order valence-electron chi connectivity index (χ0n) is 2.31. The van der Waals surface area contributed by atoms with Crippen molar-refractivity contribution in [3.63, 3.8) is 0 Å². The maximum absolute atomic E-state index is 3.69. The molecule has 24 valence electrons. The van der Waals surface area contributed by atoms with E-state index in [0.717, 1.165) is 0 Å². The highest BCUT2D eigenvalue weighted by molar-refractivity contribution is 7.80. The summed E-state index contributed by atoms with van der Waals surface area (Å²) in [5.41, 5.74) is 0. The first-order valence-electron chi connectivity index (χ1n) is 0.949. The fraction of sp³-hybridized carbons (Fsp3) is 0.500. The van der Waals surface area contributed by atoms with Crippen molar-refractivity contribution < 1.29 is 0 Å². The SMILES string of the molecule is C=NCS. The van der Waals surface area contributed by atoms with Crippen molar-refractivity contribution in [2.45, 2.75) is 0 Å². The summed E-state index contributed by atoms with van der Waals surface area (Å²) in [6, 6.07) is 0. The summed E-state index contributed by atoms with van der Waals surface area (Å²) in [6.07, 6.45) is 0. The Bertz CT molecular complexity index is 20.0. The molecule has 0 amide bonds. The third-order valence-corrected chi connectivity index (χ3v) is 0.300. The molecule has 0 bridgehead atoms. The molecule has 0 radical (unpaired) electrons. The standard InChI is InChI=1S/C2H5NS/c1-3-2-4/h4H,1-2H2. The first-order valence-corrected chi connectivity index (χ1v) is 1.58. The van der Waals surface area contributed by atoms with E-state index in [0.29, 0.717) is 5.88 Å². The lowest BCUT2D eigenvalue weighted by Gasteiger charge is -1.61. The summed E-state index contributed by atoms with van der Waals surface area (Å²) in [5, 5.41) is 0. The third kappa shape index (κ3) is 2.02. The minimum absolute atomic E-state index is 0.528. The zero-order chi connectivity index (χ0) is 3.41. The molecule has 0 aromatic rings. The molecule has 0 spiro atoms. The van der Waals surface area contributed by atoms with Crippen molar-refractivity contribution in [3.8, 4) is 0 Å². The van der Waals surface area contributed by atoms with Gasteiger partial charge in [-0.2, -0.15) is 12.6 Å². The number of hydrogen-bond acceptors (Lipinski definition) is 2. The Balaban J connectivity index is 2.30. The fourth-order valence-electron chi connectivity index (χ4n) is 0. The van der Waals surface area contributed by atoms with Crippen molar-refractivity contribution in [2.24, 2.45) is 4.99 Å². The monoisotopic (exact) mass is 75.0 g/mol. The van der Waals surface area contributed by atoms with Crippen molar-refractivity contribution >= 4 is 19.3 Å². The van der Waals surface area contributed by atoms with Gasteiger partial charge in [-0.25, -0.2) is 0 Å². The van der Waals surface area contributed by atoms with Crippen LogP contribution in [0.1, 0.15) is 0 Å². The van der Waals surface area contributed by atoms with Crippen LogP contribution in [0.15, 0.2) is 4.99 Å². The van der Waals surface area contributed by atoms with E-state index in [1.165, 1.54) is 0 Å². The fourth-order valence-corrected chi connectivity index (χ4v) is 0. The van der Waals surface area contributed by atoms with Crippen molar-refractivity contribution in [1.29, 1.82) is 0 Å². The molecule has 0 aromatic heterocycles. The number of rotatable bonds is 1. The Hall–Kier alpha value is 0.0200. The van der Waals surface area contributed by atoms with E-state index in [1.807, 2.05) is 0 Å². The molecule has 0 atom stereocenters. The highest BCUT2D eigenvalue weighted by atomic mass is 32.1. The van der Waals surface area contributed by atoms with Crippen LogP contribution in [0.5, 0.6) is 0 Å². The smallest absolute Gasteiger partial charge is 0.0807 e. The van der Waals surface area contributed by atoms with Crippen LogP contribution in [0.25, 0.3) is 0 Å². The Morgan fingerprint density at radius 2 is 2.25 bits per heavy atom. The van der Waals surface area contributed by atoms with Crippen LogP contribution in [0.3, 0.4) is 0 Å². The van der Waals surface area contributed by atoms with Crippen LogP contribution in [-0.2, 0) is 0 Å². The largest absolute Gasteiger partial charge is 0.290 e. The average Bonchev–Trinajstić information content (AvgIpc) is 1.37. The molecular weight excluding hydrogens is 70.1 g/mol. The summed E-state index contributed by atoms with van der Waals surface area (Å²) in [4.78, 5) is 3.35. The summed E-state index contributed by atoms with van der Waals surface area (Å²) in [6.45, 7) is 3.15. The van der Waals surface area contributed by atoms with Crippen molar-refractivity contribution in [2.75, 3.05) is 5.88 Å². The van der Waals surface area contributed by atoms with Gasteiger partial charge in [0.15, 0.2) is 0 Å². The third-order valence-electron chi connectivity index (χ3n) is 0.1000. The summed E-state index contributed by atoms with van der Waals surface area (Å²) >= 11 is 3.69. The first kappa shape index (κ1) is 4.02. The molecule has 4 heavy (non-hydrogen) atoms. The summed E-state index contributed by atoms with van der Waals surface area (Å²) in [7, 11) is 0. The second kappa shape index (κ2) is 3.02. The predicted octanol–water partition coefficient (Wildman–Crippen LogP) is 0.574. The molecule has 2 heteroatoms. The van der Waals surface area contributed by atoms with Gasteiger partial charge in [-0.15, -0.1) is 0 Å². The molecule has 0 rings (SSSR count). The van der Waals surface area contributed by atoms with Crippen molar-refractivity contribution in [3.05, 3.63) is 0 Å². The van der Waals surface area contributed by atoms with Crippen molar-refractivity contribution in [1.82, 2.24) is 0 Å². The molecule has 0 aliphatic rings. The second-order valence-electron chi connectivity index (χ2n) is 0.365. The Morgan fingerprint density at radius 3 is 2.25 bits per heavy atom. The van der Waals surface area contributed by atoms with E-state index in [4.69, 9.17) is 0 Å². The molecule has 0 aliphatic carbocycles. The van der Waals surface area contributed by atoms with Gasteiger partial charge in [0.2, 0.25) is 0 Å². The Labute approximate surface area is 31.2 Å². The van der Waals surface area contributed by atoms with Gasteiger partial charge in [0.05, 0.1) is 5.88 Å². The van der Waals surface area contributed by atoms with E-state index in [9.17, 15) is 0 Å². The number of hydrogen-bond donors (Lipinski definition) is 1. The number of nitrogens with zero attached hydrogens (tertiary/aromatic N) is 1. The minimum atomic E-state index is 0.528. The highest BCUT2D eigenvalue weighted by Gasteiger charge is 1.44. The van der Waals surface area contributed by atoms with E-state index in [1.54, 1.807) is 0 Å². The predicted molar refractivity (Wildman–Crippen MR) is 23.4 cm³/mol. The molecule has 0 unspecified atom stereocenters. The molecule has 0 heterocycles. The molecule has 0 aromatic carbocycles. The number of thiol groups is 1. The number of aliphatic imine (C=N–C) groups is 1. The molecule has 0 N–H and O–H groups in total. The molecule has 0 saturated heterocycles. The van der Waals surface area contributed by atoms with Crippen LogP contribution < -0.4 is 0 Å². The van der Waals surface area contributed by atoms with Crippen LogP contribution in [-0.4, -0.2) is 12.6 Å². The van der Waals surface area contributed by atoms with Gasteiger partial charge in [0.1, 0.15) is 0 Å². The second-order valence-corrected chi connectivity index (χ2v) is 0.648. The van der Waals surface area contributed by atoms with E-state index < -0.39 is 0 Å². The lowest BCUT2D eigenvalue weighted by Crippen LogP contribution is -1.48. The van der Waals surface area contributed by atoms with Gasteiger partial charge in [-0.3, -0.25) is 4.99 Å². The van der Waals surface area contributed by atoms with Gasteiger partial charge >= 0.3 is 0 Å². The zero-order valence-corrected chi connectivity index (χ0v) is 3.20. The molecule has 0 saturated carbocycles. The average molecular weight is 75.1 g/mol. The maximum atomic E-state index is 3.69. The van der Waals surface area contributed by atoms with Gasteiger partial charge in [-0.05, 0) is 6.72 Å². The molecule has 1 nitrogen and oxygen atoms in total. The lowest BCUT2D eigenvalue weighted by molar-refractivity contribution is 1.43. The topological polar surface area (TPSA) is 12.4 Å². The molecule has 0 aliphatic heterocycles. The maximum Gasteiger partial charge on any atom is 0.0807 e. The normalized spacial score (nSPS) is 6.25. The highest BCUT2D eigenvalue weighted by Crippen LogP contribution is 1.64. The molecule has 0 fully saturated rings. The van der Waals surface area contributed by atoms with E-state index in [-0.39, 0.29) is 0 Å². The van der Waals surface area contributed by atoms with Gasteiger partial charge in [-0.1, -0.05) is 0 Å². The van der Waals surface area contributed by atoms with Crippen LogP contribution in [0.4, 0.5) is 0 Å². The minimum Gasteiger partial charge on any atom is -0.290 e. The van der Waals surface area contributed by atoms with E-state index in [2.05, 4.69) is 24.3 Å². The summed E-state index contributed by atoms with van der Waals surface area (Å²) < 4.78 is 0. The van der Waals surface area contributed by atoms with Crippen LogP contribution in [0.2, 0.25) is 0 Å². The van der Waals surface area contributed by atoms with Gasteiger partial charge in [0, 0.05) is 0 Å². The molecular formula is C2H5NS. The van der Waals surface area contributed by atoms with Gasteiger partial charge in [0.25, 0.3) is 0 Å². The quantitative estimate of drug-likeness (QED) is 0.345. The van der Waals surface area contributed by atoms with Crippen LogP contribution >= 0.6 is 12.6 Å². The van der Waals surface area contributed by atoms with Gasteiger partial charge < -0.3 is 0 Å². The first-order chi connectivity index (χ1) is 1.91. The van der Waals surface area contributed by atoms with E-state index >= 15 is 0 Å². The summed E-state index contributed by atoms with van der Waals surface area (Å²) in [5.74, 6) is 0.528. The van der Waals surface area contributed by atoms with Crippen LogP contribution in [0, 0.1) is 0 Å². The Morgan fingerprint density at radius 1 is 2.00 bits per heavy atom.